The van der Waals surface area contributed by atoms with Gasteiger partial charge in [0.05, 0.1) is 0 Å². The summed E-state index contributed by atoms with van der Waals surface area (Å²) in [5.74, 6) is 0. The topological polar surface area (TPSA) is 52.0 Å². The average molecular weight is 132 g/mol. The van der Waals surface area contributed by atoms with E-state index in [1.54, 1.807) is 0 Å². The minimum atomic E-state index is 0.403. The Hall–Kier alpha value is -0.0800. The van der Waals surface area contributed by atoms with Crippen molar-refractivity contribution in [2.24, 2.45) is 11.5 Å². The molecule has 9 heavy (non-hydrogen) atoms. The minimum absolute atomic E-state index is 0.403. The first-order chi connectivity index (χ1) is 4.27. The number of nitrogens with two attached hydrogens (primary N) is 2. The van der Waals surface area contributed by atoms with Crippen molar-refractivity contribution >= 4 is 0 Å². The molecule has 0 amide bonds. The SMILES string of the molecule is CCCCC(C)N.CN. The zero-order valence-electron chi connectivity index (χ0n) is 6.85. The predicted octanol–water partition coefficient (Wildman–Crippen LogP) is 1.10. The lowest BCUT2D eigenvalue weighted by molar-refractivity contribution is 0.616. The van der Waals surface area contributed by atoms with Gasteiger partial charge in [0.2, 0.25) is 0 Å². The first-order valence-electron chi connectivity index (χ1n) is 3.60. The van der Waals surface area contributed by atoms with Crippen LogP contribution < -0.4 is 11.5 Å². The quantitative estimate of drug-likeness (QED) is 0.604. The van der Waals surface area contributed by atoms with E-state index < -0.39 is 0 Å². The molecule has 0 rings (SSSR count). The first kappa shape index (κ1) is 11.7. The molecule has 0 fully saturated rings. The van der Waals surface area contributed by atoms with Crippen molar-refractivity contribution in [3.05, 3.63) is 0 Å². The molecule has 0 aromatic carbocycles. The summed E-state index contributed by atoms with van der Waals surface area (Å²) in [7, 11) is 1.50. The second-order valence-corrected chi connectivity index (χ2v) is 2.12. The van der Waals surface area contributed by atoms with E-state index in [0.717, 1.165) is 0 Å². The van der Waals surface area contributed by atoms with Gasteiger partial charge in [0.15, 0.2) is 0 Å². The molecule has 0 saturated carbocycles. The Morgan fingerprint density at radius 3 is 1.89 bits per heavy atom. The van der Waals surface area contributed by atoms with Gasteiger partial charge in [-0.05, 0) is 20.4 Å². The molecular formula is C7H20N2. The molecule has 0 spiro atoms. The third-order valence-electron chi connectivity index (χ3n) is 1.01. The van der Waals surface area contributed by atoms with Crippen LogP contribution in [0.3, 0.4) is 0 Å². The Morgan fingerprint density at radius 2 is 1.78 bits per heavy atom. The summed E-state index contributed by atoms with van der Waals surface area (Å²) in [4.78, 5) is 0. The van der Waals surface area contributed by atoms with Crippen LogP contribution >= 0.6 is 0 Å². The van der Waals surface area contributed by atoms with Crippen LogP contribution in [0.2, 0.25) is 0 Å². The third kappa shape index (κ3) is 18.1. The third-order valence-corrected chi connectivity index (χ3v) is 1.01. The smallest absolute Gasteiger partial charge is 0.00104 e. The second kappa shape index (κ2) is 10.8. The molecule has 2 heteroatoms. The maximum Gasteiger partial charge on any atom is 0.00104 e. The van der Waals surface area contributed by atoms with Gasteiger partial charge in [0.1, 0.15) is 0 Å². The largest absolute Gasteiger partial charge is 0.333 e. The van der Waals surface area contributed by atoms with Gasteiger partial charge in [-0.2, -0.15) is 0 Å². The molecule has 0 heterocycles. The molecule has 58 valence electrons. The normalized spacial score (nSPS) is 11.7. The molecule has 0 aliphatic rings. The van der Waals surface area contributed by atoms with Crippen molar-refractivity contribution < 1.29 is 0 Å². The molecule has 0 saturated heterocycles. The van der Waals surface area contributed by atoms with E-state index in [2.05, 4.69) is 19.6 Å². The predicted molar refractivity (Wildman–Crippen MR) is 43.3 cm³/mol. The Bertz CT molecular complexity index is 35.9. The summed E-state index contributed by atoms with van der Waals surface area (Å²) in [6, 6.07) is 0.403. The minimum Gasteiger partial charge on any atom is -0.333 e. The fourth-order valence-electron chi connectivity index (χ4n) is 0.526. The number of hydrogen-bond donors (Lipinski definition) is 2. The molecule has 0 bridgehead atoms. The van der Waals surface area contributed by atoms with Crippen molar-refractivity contribution in [2.75, 3.05) is 7.05 Å². The van der Waals surface area contributed by atoms with Gasteiger partial charge in [-0.15, -0.1) is 0 Å². The van der Waals surface area contributed by atoms with E-state index in [1.165, 1.54) is 26.3 Å². The van der Waals surface area contributed by atoms with Crippen LogP contribution in [-0.4, -0.2) is 13.1 Å². The van der Waals surface area contributed by atoms with Gasteiger partial charge in [-0.25, -0.2) is 0 Å². The zero-order chi connectivity index (χ0) is 7.70. The van der Waals surface area contributed by atoms with Crippen molar-refractivity contribution in [2.45, 2.75) is 39.2 Å². The van der Waals surface area contributed by atoms with Gasteiger partial charge in [-0.3, -0.25) is 0 Å². The zero-order valence-corrected chi connectivity index (χ0v) is 6.85. The van der Waals surface area contributed by atoms with Crippen LogP contribution in [0.15, 0.2) is 0 Å². The lowest BCUT2D eigenvalue weighted by Crippen LogP contribution is -2.13. The van der Waals surface area contributed by atoms with Gasteiger partial charge in [0.25, 0.3) is 0 Å². The molecule has 0 radical (unpaired) electrons. The van der Waals surface area contributed by atoms with Crippen molar-refractivity contribution in [3.63, 3.8) is 0 Å². The fraction of sp³-hybridized carbons (Fsp3) is 1.00. The highest BCUT2D eigenvalue weighted by Gasteiger charge is 1.88. The van der Waals surface area contributed by atoms with E-state index in [4.69, 9.17) is 5.73 Å². The molecule has 0 aliphatic heterocycles. The highest BCUT2D eigenvalue weighted by molar-refractivity contribution is 4.50. The van der Waals surface area contributed by atoms with Crippen LogP contribution in [0.25, 0.3) is 0 Å². The van der Waals surface area contributed by atoms with Crippen LogP contribution in [0, 0.1) is 0 Å². The summed E-state index contributed by atoms with van der Waals surface area (Å²) in [6.45, 7) is 4.23. The average Bonchev–Trinajstić information content (AvgIpc) is 1.88. The van der Waals surface area contributed by atoms with Crippen LogP contribution in [0.1, 0.15) is 33.1 Å². The molecule has 1 unspecified atom stereocenters. The Balaban J connectivity index is 0. The highest BCUT2D eigenvalue weighted by atomic mass is 14.6. The molecule has 0 aliphatic carbocycles. The van der Waals surface area contributed by atoms with E-state index in [-0.39, 0.29) is 0 Å². The van der Waals surface area contributed by atoms with Gasteiger partial charge >= 0.3 is 0 Å². The fourth-order valence-corrected chi connectivity index (χ4v) is 0.526. The number of unbranched alkanes of at least 4 members (excludes halogenated alkanes) is 1. The second-order valence-electron chi connectivity index (χ2n) is 2.12. The van der Waals surface area contributed by atoms with E-state index in [0.29, 0.717) is 6.04 Å². The highest BCUT2D eigenvalue weighted by Crippen LogP contribution is 1.95. The molecule has 0 aromatic heterocycles. The lowest BCUT2D eigenvalue weighted by Gasteiger charge is -1.99. The van der Waals surface area contributed by atoms with Crippen molar-refractivity contribution in [3.8, 4) is 0 Å². The molecule has 4 N–H and O–H groups in total. The van der Waals surface area contributed by atoms with Crippen LogP contribution in [0.5, 0.6) is 0 Å². The van der Waals surface area contributed by atoms with E-state index in [9.17, 15) is 0 Å². The van der Waals surface area contributed by atoms with Gasteiger partial charge < -0.3 is 11.5 Å². The Kier molecular flexibility index (Phi) is 14.0. The number of rotatable bonds is 3. The summed E-state index contributed by atoms with van der Waals surface area (Å²) < 4.78 is 0. The van der Waals surface area contributed by atoms with Gasteiger partial charge in [-0.1, -0.05) is 19.8 Å². The number of hydrogen-bond acceptors (Lipinski definition) is 2. The van der Waals surface area contributed by atoms with Crippen LogP contribution in [-0.2, 0) is 0 Å². The monoisotopic (exact) mass is 132 g/mol. The summed E-state index contributed by atoms with van der Waals surface area (Å²) >= 11 is 0. The molecule has 0 aromatic rings. The summed E-state index contributed by atoms with van der Waals surface area (Å²) in [5, 5.41) is 0. The van der Waals surface area contributed by atoms with Crippen LogP contribution in [0.4, 0.5) is 0 Å². The van der Waals surface area contributed by atoms with E-state index >= 15 is 0 Å². The molecule has 1 atom stereocenters. The standard InChI is InChI=1S/C6H15N.CH5N/c1-3-4-5-6(2)7;1-2/h6H,3-5,7H2,1-2H3;2H2,1H3. The maximum atomic E-state index is 5.48. The van der Waals surface area contributed by atoms with Crippen molar-refractivity contribution in [1.29, 1.82) is 0 Å². The maximum absolute atomic E-state index is 5.48. The first-order valence-corrected chi connectivity index (χ1v) is 3.60. The Labute approximate surface area is 58.6 Å². The van der Waals surface area contributed by atoms with Gasteiger partial charge in [0, 0.05) is 6.04 Å². The summed E-state index contributed by atoms with van der Waals surface area (Å²) in [6.07, 6.45) is 3.72. The molecular weight excluding hydrogens is 112 g/mol. The van der Waals surface area contributed by atoms with Crippen molar-refractivity contribution in [1.82, 2.24) is 0 Å². The lowest BCUT2D eigenvalue weighted by atomic mass is 10.2. The molecule has 2 nitrogen and oxygen atoms in total. The summed E-state index contributed by atoms with van der Waals surface area (Å²) in [5.41, 5.74) is 9.98. The van der Waals surface area contributed by atoms with E-state index in [1.807, 2.05) is 0 Å². The Morgan fingerprint density at radius 1 is 1.33 bits per heavy atom.